The fraction of sp³-hybridized carbons (Fsp3) is 1.00. The molecule has 0 aliphatic heterocycles. The summed E-state index contributed by atoms with van der Waals surface area (Å²) in [6, 6.07) is 0. The molecular weight excluding hydrogens is 162 g/mol. The minimum absolute atomic E-state index is 0.602. The van der Waals surface area contributed by atoms with Gasteiger partial charge in [-0.3, -0.25) is 0 Å². The van der Waals surface area contributed by atoms with Gasteiger partial charge in [-0.25, -0.2) is 0 Å². The second-order valence-electron chi connectivity index (χ2n) is 4.45. The van der Waals surface area contributed by atoms with Gasteiger partial charge in [-0.05, 0) is 24.7 Å². The quantitative estimate of drug-likeness (QED) is 0.614. The lowest BCUT2D eigenvalue weighted by atomic mass is 9.70. The van der Waals surface area contributed by atoms with E-state index in [4.69, 9.17) is 4.74 Å². The first-order chi connectivity index (χ1) is 6.27. The fourth-order valence-electron chi connectivity index (χ4n) is 1.74. The topological polar surface area (TPSA) is 21.3 Å². The van der Waals surface area contributed by atoms with Crippen LogP contribution in [-0.4, -0.2) is 26.3 Å². The molecule has 1 saturated carbocycles. The van der Waals surface area contributed by atoms with Crippen LogP contribution < -0.4 is 5.32 Å². The second kappa shape index (κ2) is 5.61. The van der Waals surface area contributed by atoms with Gasteiger partial charge in [0.1, 0.15) is 0 Å². The number of hydrogen-bond donors (Lipinski definition) is 1. The van der Waals surface area contributed by atoms with Crippen LogP contribution in [0.1, 0.15) is 39.5 Å². The highest BCUT2D eigenvalue weighted by molar-refractivity contribution is 4.84. The Balaban J connectivity index is 1.83. The van der Waals surface area contributed by atoms with Crippen LogP contribution in [0, 0.1) is 5.41 Å². The van der Waals surface area contributed by atoms with Gasteiger partial charge in [0, 0.05) is 19.7 Å². The van der Waals surface area contributed by atoms with Crippen molar-refractivity contribution in [2.75, 3.05) is 26.3 Å². The lowest BCUT2D eigenvalue weighted by molar-refractivity contribution is 0.121. The highest BCUT2D eigenvalue weighted by atomic mass is 16.5. The van der Waals surface area contributed by atoms with Crippen LogP contribution in [0.5, 0.6) is 0 Å². The summed E-state index contributed by atoms with van der Waals surface area (Å²) in [5, 5.41) is 3.46. The molecule has 13 heavy (non-hydrogen) atoms. The van der Waals surface area contributed by atoms with Crippen LogP contribution in [-0.2, 0) is 4.74 Å². The summed E-state index contributed by atoms with van der Waals surface area (Å²) in [5.41, 5.74) is 0.602. The summed E-state index contributed by atoms with van der Waals surface area (Å²) in [7, 11) is 0. The molecule has 0 saturated heterocycles. The molecule has 1 fully saturated rings. The van der Waals surface area contributed by atoms with Crippen LogP contribution >= 0.6 is 0 Å². The second-order valence-corrected chi connectivity index (χ2v) is 4.45. The van der Waals surface area contributed by atoms with E-state index in [9.17, 15) is 0 Å². The van der Waals surface area contributed by atoms with Gasteiger partial charge in [0.25, 0.3) is 0 Å². The van der Waals surface area contributed by atoms with Crippen molar-refractivity contribution in [2.24, 2.45) is 5.41 Å². The van der Waals surface area contributed by atoms with Crippen LogP contribution in [0.25, 0.3) is 0 Å². The van der Waals surface area contributed by atoms with Gasteiger partial charge in [-0.2, -0.15) is 0 Å². The lowest BCUT2D eigenvalue weighted by Gasteiger charge is -2.38. The molecule has 2 heteroatoms. The van der Waals surface area contributed by atoms with Crippen LogP contribution in [0.4, 0.5) is 0 Å². The molecule has 2 nitrogen and oxygen atoms in total. The largest absolute Gasteiger partial charge is 0.380 e. The fourth-order valence-corrected chi connectivity index (χ4v) is 1.74. The summed E-state index contributed by atoms with van der Waals surface area (Å²) < 4.78 is 5.39. The van der Waals surface area contributed by atoms with Crippen LogP contribution in [0.15, 0.2) is 0 Å². The van der Waals surface area contributed by atoms with E-state index in [1.54, 1.807) is 0 Å². The first-order valence-corrected chi connectivity index (χ1v) is 5.55. The van der Waals surface area contributed by atoms with E-state index in [1.807, 2.05) is 0 Å². The van der Waals surface area contributed by atoms with E-state index in [-0.39, 0.29) is 0 Å². The molecule has 0 unspecified atom stereocenters. The van der Waals surface area contributed by atoms with Crippen LogP contribution in [0.3, 0.4) is 0 Å². The van der Waals surface area contributed by atoms with Crippen LogP contribution in [0.2, 0.25) is 0 Å². The number of hydrogen-bond acceptors (Lipinski definition) is 2. The molecule has 0 bridgehead atoms. The third kappa shape index (κ3) is 4.10. The zero-order valence-corrected chi connectivity index (χ0v) is 9.07. The zero-order valence-electron chi connectivity index (χ0n) is 9.07. The van der Waals surface area contributed by atoms with Crippen molar-refractivity contribution in [3.8, 4) is 0 Å². The number of nitrogens with one attached hydrogen (secondary N) is 1. The summed E-state index contributed by atoms with van der Waals surface area (Å²) in [6.45, 7) is 8.46. The van der Waals surface area contributed by atoms with E-state index in [1.165, 1.54) is 25.8 Å². The highest BCUT2D eigenvalue weighted by Crippen LogP contribution is 2.39. The van der Waals surface area contributed by atoms with Gasteiger partial charge in [-0.15, -0.1) is 0 Å². The molecule has 1 aliphatic carbocycles. The first kappa shape index (κ1) is 11.0. The Morgan fingerprint density at radius 3 is 2.62 bits per heavy atom. The summed E-state index contributed by atoms with van der Waals surface area (Å²) >= 11 is 0. The molecule has 0 aromatic rings. The minimum atomic E-state index is 0.602. The van der Waals surface area contributed by atoms with Crippen molar-refractivity contribution in [2.45, 2.75) is 39.5 Å². The van der Waals surface area contributed by atoms with Crippen molar-refractivity contribution >= 4 is 0 Å². The third-order valence-electron chi connectivity index (χ3n) is 2.88. The Bertz CT molecular complexity index is 132. The van der Waals surface area contributed by atoms with Crippen molar-refractivity contribution in [1.82, 2.24) is 5.32 Å². The minimum Gasteiger partial charge on any atom is -0.380 e. The molecule has 0 heterocycles. The van der Waals surface area contributed by atoms with E-state index in [0.29, 0.717) is 5.41 Å². The van der Waals surface area contributed by atoms with E-state index in [0.717, 1.165) is 26.2 Å². The Hall–Kier alpha value is -0.0800. The van der Waals surface area contributed by atoms with Crippen molar-refractivity contribution < 1.29 is 4.74 Å². The molecular formula is C11H23NO. The van der Waals surface area contributed by atoms with E-state index >= 15 is 0 Å². The van der Waals surface area contributed by atoms with Crippen molar-refractivity contribution in [1.29, 1.82) is 0 Å². The Kier molecular flexibility index (Phi) is 4.74. The van der Waals surface area contributed by atoms with E-state index in [2.05, 4.69) is 19.2 Å². The summed E-state index contributed by atoms with van der Waals surface area (Å²) in [6.07, 6.45) is 5.34. The average molecular weight is 185 g/mol. The maximum absolute atomic E-state index is 5.39. The third-order valence-corrected chi connectivity index (χ3v) is 2.88. The Labute approximate surface area is 82.0 Å². The maximum atomic E-state index is 5.39. The number of rotatable bonds is 7. The summed E-state index contributed by atoms with van der Waals surface area (Å²) in [4.78, 5) is 0. The predicted octanol–water partition coefficient (Wildman–Crippen LogP) is 2.19. The summed E-state index contributed by atoms with van der Waals surface area (Å²) in [5.74, 6) is 0. The molecule has 0 aromatic carbocycles. The molecule has 0 atom stereocenters. The zero-order chi connectivity index (χ0) is 9.57. The SMILES string of the molecule is CCCOCCNCC1(C)CCC1. The average Bonchev–Trinajstić information content (AvgIpc) is 2.08. The molecule has 0 radical (unpaired) electrons. The molecule has 0 aromatic heterocycles. The molecule has 78 valence electrons. The molecule has 1 N–H and O–H groups in total. The van der Waals surface area contributed by atoms with Crippen molar-refractivity contribution in [3.05, 3.63) is 0 Å². The standard InChI is InChI=1S/C11H23NO/c1-3-8-13-9-7-12-10-11(2)5-4-6-11/h12H,3-10H2,1-2H3. The molecule has 0 amide bonds. The number of ether oxygens (including phenoxy) is 1. The maximum Gasteiger partial charge on any atom is 0.0590 e. The first-order valence-electron chi connectivity index (χ1n) is 5.55. The Morgan fingerprint density at radius 1 is 1.31 bits per heavy atom. The van der Waals surface area contributed by atoms with Gasteiger partial charge in [-0.1, -0.05) is 20.3 Å². The predicted molar refractivity (Wildman–Crippen MR) is 55.9 cm³/mol. The molecule has 0 spiro atoms. The van der Waals surface area contributed by atoms with Gasteiger partial charge in [0.15, 0.2) is 0 Å². The van der Waals surface area contributed by atoms with Gasteiger partial charge in [0.05, 0.1) is 6.61 Å². The van der Waals surface area contributed by atoms with Gasteiger partial charge < -0.3 is 10.1 Å². The van der Waals surface area contributed by atoms with Gasteiger partial charge >= 0.3 is 0 Å². The molecule has 1 rings (SSSR count). The molecule has 1 aliphatic rings. The van der Waals surface area contributed by atoms with Crippen molar-refractivity contribution in [3.63, 3.8) is 0 Å². The Morgan fingerprint density at radius 2 is 2.08 bits per heavy atom. The normalized spacial score (nSPS) is 19.8. The smallest absolute Gasteiger partial charge is 0.0590 e. The lowest BCUT2D eigenvalue weighted by Crippen LogP contribution is -2.38. The van der Waals surface area contributed by atoms with Gasteiger partial charge in [0.2, 0.25) is 0 Å². The van der Waals surface area contributed by atoms with E-state index < -0.39 is 0 Å². The highest BCUT2D eigenvalue weighted by Gasteiger charge is 2.30. The monoisotopic (exact) mass is 185 g/mol.